The van der Waals surface area contributed by atoms with E-state index in [0.717, 1.165) is 11.3 Å². The van der Waals surface area contributed by atoms with Crippen molar-refractivity contribution in [2.24, 2.45) is 11.3 Å². The minimum absolute atomic E-state index is 0.141. The van der Waals surface area contributed by atoms with Gasteiger partial charge in [-0.3, -0.25) is 0 Å². The van der Waals surface area contributed by atoms with Gasteiger partial charge in [-0.25, -0.2) is 9.78 Å². The first-order chi connectivity index (χ1) is 11.8. The first kappa shape index (κ1) is 19.0. The van der Waals surface area contributed by atoms with Gasteiger partial charge in [0.2, 0.25) is 0 Å². The van der Waals surface area contributed by atoms with Crippen LogP contribution in [0.15, 0.2) is 43.0 Å². The van der Waals surface area contributed by atoms with E-state index in [1.54, 1.807) is 12.5 Å². The quantitative estimate of drug-likeness (QED) is 0.722. The molecule has 1 heterocycles. The molecular formula is C19H28N4O2. The second-order valence-electron chi connectivity index (χ2n) is 7.31. The largest absolute Gasteiger partial charge is 0.392 e. The Morgan fingerprint density at radius 2 is 2.00 bits per heavy atom. The van der Waals surface area contributed by atoms with Gasteiger partial charge in [0, 0.05) is 30.9 Å². The molecule has 0 aliphatic carbocycles. The van der Waals surface area contributed by atoms with Crippen LogP contribution >= 0.6 is 0 Å². The number of nitrogens with one attached hydrogen (secondary N) is 2. The minimum atomic E-state index is -0.477. The van der Waals surface area contributed by atoms with E-state index in [9.17, 15) is 9.90 Å². The van der Waals surface area contributed by atoms with Crippen LogP contribution < -0.4 is 10.6 Å². The van der Waals surface area contributed by atoms with E-state index in [-0.39, 0.29) is 17.4 Å². The van der Waals surface area contributed by atoms with E-state index >= 15 is 0 Å². The van der Waals surface area contributed by atoms with Crippen LogP contribution in [0.4, 0.5) is 4.79 Å². The maximum Gasteiger partial charge on any atom is 0.315 e. The third-order valence-electron chi connectivity index (χ3n) is 4.35. The lowest BCUT2D eigenvalue weighted by atomic mass is 9.81. The standard InChI is InChI=1S/C19H28N4O2/c1-14(2)17(24)19(3,4)12-22-18(25)21-11-15-7-5-6-8-16(15)23-10-9-20-13-23/h5-10,13-14,17,24H,11-12H2,1-4H3,(H2,21,22,25). The second kappa shape index (κ2) is 8.16. The second-order valence-corrected chi connectivity index (χ2v) is 7.31. The number of aliphatic hydroxyl groups excluding tert-OH is 1. The fraction of sp³-hybridized carbons (Fsp3) is 0.474. The summed E-state index contributed by atoms with van der Waals surface area (Å²) in [5.41, 5.74) is 1.59. The van der Waals surface area contributed by atoms with Gasteiger partial charge in [0.15, 0.2) is 0 Å². The van der Waals surface area contributed by atoms with Gasteiger partial charge in [0.1, 0.15) is 0 Å². The Bertz CT molecular complexity index is 680. The number of imidazole rings is 1. The predicted octanol–water partition coefficient (Wildman–Crippen LogP) is 2.71. The molecule has 25 heavy (non-hydrogen) atoms. The Balaban J connectivity index is 1.91. The molecule has 0 fully saturated rings. The number of carbonyl (C=O) groups excluding carboxylic acids is 1. The van der Waals surface area contributed by atoms with Crippen molar-refractivity contribution in [2.45, 2.75) is 40.3 Å². The van der Waals surface area contributed by atoms with Gasteiger partial charge in [-0.1, -0.05) is 45.9 Å². The van der Waals surface area contributed by atoms with Crippen molar-refractivity contribution in [3.8, 4) is 5.69 Å². The highest BCUT2D eigenvalue weighted by Gasteiger charge is 2.30. The van der Waals surface area contributed by atoms with E-state index < -0.39 is 6.10 Å². The fourth-order valence-electron chi connectivity index (χ4n) is 2.87. The molecule has 0 saturated carbocycles. The molecule has 1 aromatic heterocycles. The Morgan fingerprint density at radius 3 is 2.64 bits per heavy atom. The monoisotopic (exact) mass is 344 g/mol. The van der Waals surface area contributed by atoms with Gasteiger partial charge in [0.25, 0.3) is 0 Å². The van der Waals surface area contributed by atoms with Gasteiger partial charge < -0.3 is 20.3 Å². The van der Waals surface area contributed by atoms with Crippen LogP contribution in [-0.4, -0.2) is 33.3 Å². The molecule has 0 saturated heterocycles. The number of hydrogen-bond donors (Lipinski definition) is 3. The van der Waals surface area contributed by atoms with Crippen LogP contribution in [0.3, 0.4) is 0 Å². The van der Waals surface area contributed by atoms with Crippen LogP contribution in [0, 0.1) is 11.3 Å². The number of urea groups is 1. The van der Waals surface area contributed by atoms with Crippen molar-refractivity contribution in [3.63, 3.8) is 0 Å². The highest BCUT2D eigenvalue weighted by Crippen LogP contribution is 2.25. The van der Waals surface area contributed by atoms with Gasteiger partial charge in [-0.15, -0.1) is 0 Å². The Hall–Kier alpha value is -2.34. The SMILES string of the molecule is CC(C)C(O)C(C)(C)CNC(=O)NCc1ccccc1-n1ccnc1. The van der Waals surface area contributed by atoms with Crippen molar-refractivity contribution in [1.29, 1.82) is 0 Å². The van der Waals surface area contributed by atoms with Gasteiger partial charge in [0.05, 0.1) is 18.1 Å². The molecule has 0 radical (unpaired) electrons. The fourth-order valence-corrected chi connectivity index (χ4v) is 2.87. The predicted molar refractivity (Wildman–Crippen MR) is 98.4 cm³/mol. The normalized spacial score (nSPS) is 12.9. The average molecular weight is 344 g/mol. The molecule has 6 heteroatoms. The van der Waals surface area contributed by atoms with Crippen LogP contribution in [-0.2, 0) is 6.54 Å². The van der Waals surface area contributed by atoms with Crippen molar-refractivity contribution in [3.05, 3.63) is 48.5 Å². The molecule has 2 rings (SSSR count). The molecule has 0 aliphatic heterocycles. The lowest BCUT2D eigenvalue weighted by molar-refractivity contribution is 0.0151. The molecule has 2 amide bonds. The maximum absolute atomic E-state index is 12.1. The zero-order valence-electron chi connectivity index (χ0n) is 15.4. The smallest absolute Gasteiger partial charge is 0.315 e. The Labute approximate surface area is 149 Å². The van der Waals surface area contributed by atoms with Crippen LogP contribution in [0.1, 0.15) is 33.3 Å². The minimum Gasteiger partial charge on any atom is -0.392 e. The van der Waals surface area contributed by atoms with Crippen molar-refractivity contribution in [2.75, 3.05) is 6.54 Å². The first-order valence-electron chi connectivity index (χ1n) is 8.57. The van der Waals surface area contributed by atoms with E-state index in [1.165, 1.54) is 0 Å². The summed E-state index contributed by atoms with van der Waals surface area (Å²) < 4.78 is 1.91. The highest BCUT2D eigenvalue weighted by atomic mass is 16.3. The summed E-state index contributed by atoms with van der Waals surface area (Å²) in [6.45, 7) is 8.66. The number of carbonyl (C=O) groups is 1. The van der Waals surface area contributed by atoms with Crippen molar-refractivity contribution in [1.82, 2.24) is 20.2 Å². The highest BCUT2D eigenvalue weighted by molar-refractivity contribution is 5.74. The number of aliphatic hydroxyl groups is 1. The molecule has 1 aromatic carbocycles. The lowest BCUT2D eigenvalue weighted by Gasteiger charge is -2.33. The zero-order chi connectivity index (χ0) is 18.4. The number of amides is 2. The summed E-state index contributed by atoms with van der Waals surface area (Å²) in [7, 11) is 0. The molecule has 0 aliphatic rings. The molecule has 0 bridgehead atoms. The van der Waals surface area contributed by atoms with Crippen molar-refractivity contribution < 1.29 is 9.90 Å². The van der Waals surface area contributed by atoms with Crippen LogP contribution in [0.25, 0.3) is 5.69 Å². The molecule has 0 spiro atoms. The first-order valence-corrected chi connectivity index (χ1v) is 8.57. The molecular weight excluding hydrogens is 316 g/mol. The zero-order valence-corrected chi connectivity index (χ0v) is 15.4. The molecule has 136 valence electrons. The number of rotatable bonds is 7. The number of hydrogen-bond acceptors (Lipinski definition) is 3. The van der Waals surface area contributed by atoms with E-state index in [1.807, 2.05) is 62.7 Å². The number of aromatic nitrogens is 2. The topological polar surface area (TPSA) is 79.2 Å². The summed E-state index contributed by atoms with van der Waals surface area (Å²) >= 11 is 0. The van der Waals surface area contributed by atoms with Crippen molar-refractivity contribution >= 4 is 6.03 Å². The van der Waals surface area contributed by atoms with Gasteiger partial charge >= 0.3 is 6.03 Å². The molecule has 1 atom stereocenters. The summed E-state index contributed by atoms with van der Waals surface area (Å²) in [4.78, 5) is 16.2. The van der Waals surface area contributed by atoms with Gasteiger partial charge in [-0.2, -0.15) is 0 Å². The lowest BCUT2D eigenvalue weighted by Crippen LogP contribution is -2.46. The average Bonchev–Trinajstić information content (AvgIpc) is 3.12. The number of para-hydroxylation sites is 1. The molecule has 1 unspecified atom stereocenters. The third kappa shape index (κ3) is 5.06. The third-order valence-corrected chi connectivity index (χ3v) is 4.35. The van der Waals surface area contributed by atoms with Gasteiger partial charge in [-0.05, 0) is 17.5 Å². The van der Waals surface area contributed by atoms with Crippen LogP contribution in [0.5, 0.6) is 0 Å². The number of nitrogens with zero attached hydrogens (tertiary/aromatic N) is 2. The summed E-state index contributed by atoms with van der Waals surface area (Å²) in [5.74, 6) is 0.141. The van der Waals surface area contributed by atoms with E-state index in [2.05, 4.69) is 15.6 Å². The summed E-state index contributed by atoms with van der Waals surface area (Å²) in [6.07, 6.45) is 4.84. The Kier molecular flexibility index (Phi) is 6.20. The summed E-state index contributed by atoms with van der Waals surface area (Å²) in [5, 5.41) is 16.0. The van der Waals surface area contributed by atoms with E-state index in [0.29, 0.717) is 13.1 Å². The van der Waals surface area contributed by atoms with Crippen LogP contribution in [0.2, 0.25) is 0 Å². The molecule has 3 N–H and O–H groups in total. The van der Waals surface area contributed by atoms with E-state index in [4.69, 9.17) is 0 Å². The number of benzene rings is 1. The molecule has 2 aromatic rings. The maximum atomic E-state index is 12.1. The summed E-state index contributed by atoms with van der Waals surface area (Å²) in [6, 6.07) is 7.61. The Morgan fingerprint density at radius 1 is 1.28 bits per heavy atom. The molecule has 6 nitrogen and oxygen atoms in total.